The summed E-state index contributed by atoms with van der Waals surface area (Å²) in [5, 5.41) is 6.96. The van der Waals surface area contributed by atoms with E-state index in [0.717, 1.165) is 11.3 Å². The molecule has 0 saturated carbocycles. The van der Waals surface area contributed by atoms with Gasteiger partial charge in [-0.15, -0.1) is 0 Å². The summed E-state index contributed by atoms with van der Waals surface area (Å²) in [5.74, 6) is 2.01. The first-order valence-corrected chi connectivity index (χ1v) is 7.82. The molecule has 1 aromatic carbocycles. The van der Waals surface area contributed by atoms with E-state index in [1.54, 1.807) is 7.11 Å². The van der Waals surface area contributed by atoms with Crippen LogP contribution in [0.25, 0.3) is 11.4 Å². The number of hydrogen-bond donors (Lipinski definition) is 1. The van der Waals surface area contributed by atoms with Gasteiger partial charge < -0.3 is 14.6 Å². The number of carbonyl (C=O) groups is 1. The average Bonchev–Trinajstić information content (AvgIpc) is 3.15. The number of methoxy groups -OCH3 is 1. The van der Waals surface area contributed by atoms with Crippen LogP contribution >= 0.6 is 0 Å². The molecule has 2 heterocycles. The van der Waals surface area contributed by atoms with Crippen LogP contribution in [0, 0.1) is 5.92 Å². The number of rotatable bonds is 5. The van der Waals surface area contributed by atoms with Crippen LogP contribution in [0.15, 0.2) is 28.8 Å². The fourth-order valence-electron chi connectivity index (χ4n) is 3.13. The minimum Gasteiger partial charge on any atom is -0.497 e. The Hall–Kier alpha value is -2.37. The van der Waals surface area contributed by atoms with Gasteiger partial charge in [0, 0.05) is 12.1 Å². The minimum atomic E-state index is -0.702. The number of amides is 1. The summed E-state index contributed by atoms with van der Waals surface area (Å²) in [6.07, 6.45) is 1.39. The number of aromatic nitrogens is 2. The number of carbonyl (C=O) groups excluding carboxylic acids is 1. The highest BCUT2D eigenvalue weighted by Crippen LogP contribution is 2.37. The molecule has 122 valence electrons. The minimum absolute atomic E-state index is 0.0175. The van der Waals surface area contributed by atoms with E-state index in [0.29, 0.717) is 37.0 Å². The number of nitrogens with zero attached hydrogens (tertiary/aromatic N) is 2. The van der Waals surface area contributed by atoms with E-state index in [-0.39, 0.29) is 5.91 Å². The normalized spacial score (nSPS) is 20.8. The molecule has 23 heavy (non-hydrogen) atoms. The molecule has 1 unspecified atom stereocenters. The fraction of sp³-hybridized carbons (Fsp3) is 0.471. The maximum atomic E-state index is 12.4. The van der Waals surface area contributed by atoms with Gasteiger partial charge in [0.15, 0.2) is 0 Å². The molecule has 3 rings (SSSR count). The van der Waals surface area contributed by atoms with Crippen molar-refractivity contribution in [2.24, 2.45) is 5.92 Å². The Morgan fingerprint density at radius 2 is 2.09 bits per heavy atom. The Kier molecular flexibility index (Phi) is 4.07. The molecule has 1 fully saturated rings. The topological polar surface area (TPSA) is 77.3 Å². The van der Waals surface area contributed by atoms with E-state index in [1.807, 2.05) is 24.3 Å². The lowest BCUT2D eigenvalue weighted by Gasteiger charge is -2.23. The summed E-state index contributed by atoms with van der Waals surface area (Å²) in [6, 6.07) is 7.43. The summed E-state index contributed by atoms with van der Waals surface area (Å²) < 4.78 is 10.6. The average molecular weight is 315 g/mol. The van der Waals surface area contributed by atoms with Gasteiger partial charge in [-0.1, -0.05) is 19.0 Å². The highest BCUT2D eigenvalue weighted by Gasteiger charge is 2.48. The first-order chi connectivity index (χ1) is 11.0. The Bertz CT molecular complexity index is 693. The Labute approximate surface area is 135 Å². The quantitative estimate of drug-likeness (QED) is 0.917. The zero-order chi connectivity index (χ0) is 16.4. The first kappa shape index (κ1) is 15.5. The fourth-order valence-corrected chi connectivity index (χ4v) is 3.13. The van der Waals surface area contributed by atoms with Gasteiger partial charge in [0.25, 0.3) is 0 Å². The SMILES string of the molecule is COc1ccc(-c2noc(C3(CC(C)C)CCNC3=O)n2)cc1. The molecule has 1 aliphatic rings. The van der Waals surface area contributed by atoms with E-state index in [2.05, 4.69) is 29.3 Å². The maximum Gasteiger partial charge on any atom is 0.242 e. The molecule has 1 saturated heterocycles. The van der Waals surface area contributed by atoms with Gasteiger partial charge >= 0.3 is 0 Å². The summed E-state index contributed by atoms with van der Waals surface area (Å²) in [5.41, 5.74) is 0.130. The molecule has 0 radical (unpaired) electrons. The standard InChI is InChI=1S/C17H21N3O3/c1-11(2)10-17(8-9-18-15(17)21)16-19-14(20-23-16)12-4-6-13(22-3)7-5-12/h4-7,11H,8-10H2,1-3H3,(H,18,21). The third-order valence-corrected chi connectivity index (χ3v) is 4.21. The summed E-state index contributed by atoms with van der Waals surface area (Å²) in [4.78, 5) is 16.9. The highest BCUT2D eigenvalue weighted by atomic mass is 16.5. The monoisotopic (exact) mass is 315 g/mol. The molecule has 2 aromatic rings. The van der Waals surface area contributed by atoms with Gasteiger partial charge in [-0.25, -0.2) is 0 Å². The van der Waals surface area contributed by atoms with E-state index in [4.69, 9.17) is 9.26 Å². The van der Waals surface area contributed by atoms with E-state index < -0.39 is 5.41 Å². The van der Waals surface area contributed by atoms with E-state index in [9.17, 15) is 4.79 Å². The van der Waals surface area contributed by atoms with Gasteiger partial charge in [0.05, 0.1) is 7.11 Å². The lowest BCUT2D eigenvalue weighted by molar-refractivity contribution is -0.125. The van der Waals surface area contributed by atoms with Crippen molar-refractivity contribution < 1.29 is 14.1 Å². The van der Waals surface area contributed by atoms with Gasteiger partial charge in [-0.05, 0) is 43.0 Å². The second kappa shape index (κ2) is 6.02. The van der Waals surface area contributed by atoms with Crippen molar-refractivity contribution in [3.8, 4) is 17.1 Å². The van der Waals surface area contributed by atoms with E-state index in [1.165, 1.54) is 0 Å². The lowest BCUT2D eigenvalue weighted by atomic mass is 9.78. The zero-order valence-corrected chi connectivity index (χ0v) is 13.6. The molecule has 1 N–H and O–H groups in total. The van der Waals surface area contributed by atoms with Crippen molar-refractivity contribution >= 4 is 5.91 Å². The Morgan fingerprint density at radius 3 is 2.65 bits per heavy atom. The molecule has 1 amide bonds. The van der Waals surface area contributed by atoms with Crippen LogP contribution in [0.4, 0.5) is 0 Å². The molecular formula is C17H21N3O3. The van der Waals surface area contributed by atoms with Crippen molar-refractivity contribution in [3.63, 3.8) is 0 Å². The van der Waals surface area contributed by atoms with Crippen molar-refractivity contribution in [3.05, 3.63) is 30.2 Å². The van der Waals surface area contributed by atoms with E-state index >= 15 is 0 Å². The van der Waals surface area contributed by atoms with Crippen LogP contribution < -0.4 is 10.1 Å². The number of benzene rings is 1. The van der Waals surface area contributed by atoms with Gasteiger partial charge in [-0.3, -0.25) is 4.79 Å². The molecule has 0 aliphatic carbocycles. The third-order valence-electron chi connectivity index (χ3n) is 4.21. The second-order valence-corrected chi connectivity index (χ2v) is 6.34. The highest BCUT2D eigenvalue weighted by molar-refractivity contribution is 5.89. The van der Waals surface area contributed by atoms with Crippen molar-refractivity contribution in [1.82, 2.24) is 15.5 Å². The summed E-state index contributed by atoms with van der Waals surface area (Å²) >= 11 is 0. The molecule has 0 spiro atoms. The maximum absolute atomic E-state index is 12.4. The molecule has 1 aliphatic heterocycles. The molecule has 1 atom stereocenters. The van der Waals surface area contributed by atoms with Crippen LogP contribution in [0.3, 0.4) is 0 Å². The lowest BCUT2D eigenvalue weighted by Crippen LogP contribution is -2.37. The van der Waals surface area contributed by atoms with Crippen LogP contribution in [-0.2, 0) is 10.2 Å². The predicted octanol–water partition coefficient (Wildman–Crippen LogP) is 2.55. The van der Waals surface area contributed by atoms with Crippen LogP contribution in [-0.4, -0.2) is 29.7 Å². The van der Waals surface area contributed by atoms with Crippen molar-refractivity contribution in [1.29, 1.82) is 0 Å². The number of ether oxygens (including phenoxy) is 1. The van der Waals surface area contributed by atoms with Crippen LogP contribution in [0.2, 0.25) is 0 Å². The predicted molar refractivity (Wildman–Crippen MR) is 85.0 cm³/mol. The van der Waals surface area contributed by atoms with Crippen molar-refractivity contribution in [2.45, 2.75) is 32.1 Å². The van der Waals surface area contributed by atoms with Crippen LogP contribution in [0.5, 0.6) is 5.75 Å². The smallest absolute Gasteiger partial charge is 0.242 e. The second-order valence-electron chi connectivity index (χ2n) is 6.34. The number of hydrogen-bond acceptors (Lipinski definition) is 5. The van der Waals surface area contributed by atoms with Crippen molar-refractivity contribution in [2.75, 3.05) is 13.7 Å². The van der Waals surface area contributed by atoms with Gasteiger partial charge in [-0.2, -0.15) is 4.98 Å². The Balaban J connectivity index is 1.94. The third kappa shape index (κ3) is 2.81. The first-order valence-electron chi connectivity index (χ1n) is 7.82. The number of nitrogens with one attached hydrogen (secondary N) is 1. The van der Waals surface area contributed by atoms with Crippen LogP contribution in [0.1, 0.15) is 32.6 Å². The molecule has 6 nitrogen and oxygen atoms in total. The van der Waals surface area contributed by atoms with Gasteiger partial charge in [0.2, 0.25) is 17.6 Å². The van der Waals surface area contributed by atoms with Gasteiger partial charge in [0.1, 0.15) is 11.2 Å². The molecule has 0 bridgehead atoms. The Morgan fingerprint density at radius 1 is 1.35 bits per heavy atom. The summed E-state index contributed by atoms with van der Waals surface area (Å²) in [7, 11) is 1.62. The molecule has 1 aromatic heterocycles. The molecule has 6 heteroatoms. The molecular weight excluding hydrogens is 294 g/mol. The summed E-state index contributed by atoms with van der Waals surface area (Å²) in [6.45, 7) is 4.83. The zero-order valence-electron chi connectivity index (χ0n) is 13.6. The largest absolute Gasteiger partial charge is 0.497 e.